The van der Waals surface area contributed by atoms with Crippen molar-refractivity contribution in [3.63, 3.8) is 0 Å². The lowest BCUT2D eigenvalue weighted by molar-refractivity contribution is -0.144. The van der Waals surface area contributed by atoms with Crippen LogP contribution in [0.25, 0.3) is 0 Å². The minimum absolute atomic E-state index is 0.0411. The van der Waals surface area contributed by atoms with Crippen LogP contribution in [-0.2, 0) is 31.3 Å². The van der Waals surface area contributed by atoms with Crippen LogP contribution in [0.15, 0.2) is 36.4 Å². The molecule has 0 saturated carbocycles. The average Bonchev–Trinajstić information content (AvgIpc) is 3.39. The number of anilines is 1. The molecule has 0 aliphatic carbocycles. The predicted molar refractivity (Wildman–Crippen MR) is 126 cm³/mol. The Morgan fingerprint density at radius 3 is 2.54 bits per heavy atom. The van der Waals surface area contributed by atoms with E-state index in [0.29, 0.717) is 22.0 Å². The fourth-order valence-corrected chi connectivity index (χ4v) is 5.96. The maximum absolute atomic E-state index is 13.8. The molecule has 3 aliphatic heterocycles. The first-order valence-corrected chi connectivity index (χ1v) is 11.6. The third-order valence-electron chi connectivity index (χ3n) is 7.25. The van der Waals surface area contributed by atoms with Crippen LogP contribution in [0, 0.1) is 18.8 Å². The highest BCUT2D eigenvalue weighted by molar-refractivity contribution is 6.31. The minimum Gasteiger partial charge on any atom is -0.497 e. The number of carbonyl (C=O) groups is 4. The van der Waals surface area contributed by atoms with E-state index in [1.165, 1.54) is 4.90 Å². The number of likely N-dealkylation sites (tertiary alicyclic amines) is 1. The van der Waals surface area contributed by atoms with Crippen LogP contribution in [0.1, 0.15) is 29.5 Å². The van der Waals surface area contributed by atoms with E-state index in [1.807, 2.05) is 0 Å². The molecule has 35 heavy (non-hydrogen) atoms. The summed E-state index contributed by atoms with van der Waals surface area (Å²) in [6.45, 7) is 1.84. The Bertz CT molecular complexity index is 1260. The number of nitrogens with one attached hydrogen (secondary N) is 2. The molecule has 10 heteroatoms. The predicted octanol–water partition coefficient (Wildman–Crippen LogP) is 2.44. The molecule has 1 spiro atoms. The van der Waals surface area contributed by atoms with Gasteiger partial charge < -0.3 is 15.2 Å². The molecule has 4 atom stereocenters. The van der Waals surface area contributed by atoms with Gasteiger partial charge in [-0.3, -0.25) is 29.4 Å². The van der Waals surface area contributed by atoms with Gasteiger partial charge in [-0.25, -0.2) is 0 Å². The quantitative estimate of drug-likeness (QED) is 0.523. The largest absolute Gasteiger partial charge is 0.497 e. The molecule has 2 fully saturated rings. The number of carboxylic acids is 1. The van der Waals surface area contributed by atoms with Gasteiger partial charge in [0.25, 0.3) is 0 Å². The topological polar surface area (TPSA) is 125 Å². The van der Waals surface area contributed by atoms with Crippen LogP contribution in [0.2, 0.25) is 5.02 Å². The van der Waals surface area contributed by atoms with Crippen LogP contribution < -0.4 is 15.4 Å². The zero-order valence-corrected chi connectivity index (χ0v) is 19.9. The summed E-state index contributed by atoms with van der Waals surface area (Å²) in [7, 11) is 1.55. The molecule has 3 heterocycles. The molecule has 0 radical (unpaired) electrons. The van der Waals surface area contributed by atoms with Crippen molar-refractivity contribution < 1.29 is 29.0 Å². The smallest absolute Gasteiger partial charge is 0.303 e. The van der Waals surface area contributed by atoms with Crippen LogP contribution >= 0.6 is 11.6 Å². The number of aryl methyl sites for hydroxylation is 1. The fourth-order valence-electron chi connectivity index (χ4n) is 5.69. The molecule has 0 bridgehead atoms. The Labute approximate surface area is 206 Å². The van der Waals surface area contributed by atoms with Crippen molar-refractivity contribution in [3.05, 3.63) is 58.1 Å². The Kier molecular flexibility index (Phi) is 5.56. The maximum Gasteiger partial charge on any atom is 0.303 e. The molecule has 182 valence electrons. The molecule has 3 aliphatic rings. The number of benzene rings is 2. The number of hydrogen-bond acceptors (Lipinski definition) is 6. The summed E-state index contributed by atoms with van der Waals surface area (Å²) in [5, 5.41) is 15.8. The van der Waals surface area contributed by atoms with Crippen molar-refractivity contribution in [2.75, 3.05) is 12.4 Å². The Morgan fingerprint density at radius 1 is 1.17 bits per heavy atom. The fraction of sp³-hybridized carbons (Fsp3) is 0.360. The SMILES string of the molecule is COc1ccc(CN2C(=O)C3C(CCC(=O)O)NC4(C(=O)Nc5c(C)cc(Cl)cc54)C3C2=O)cc1. The summed E-state index contributed by atoms with van der Waals surface area (Å²) in [4.78, 5) is 53.4. The highest BCUT2D eigenvalue weighted by atomic mass is 35.5. The molecule has 0 aromatic heterocycles. The highest BCUT2D eigenvalue weighted by Gasteiger charge is 2.70. The van der Waals surface area contributed by atoms with Crippen molar-refractivity contribution in [2.24, 2.45) is 11.8 Å². The molecular weight excluding hydrogens is 474 g/mol. The number of imide groups is 1. The second-order valence-corrected chi connectivity index (χ2v) is 9.64. The van der Waals surface area contributed by atoms with E-state index in [0.717, 1.165) is 11.1 Å². The molecule has 5 rings (SSSR count). The third-order valence-corrected chi connectivity index (χ3v) is 7.46. The lowest BCUT2D eigenvalue weighted by atomic mass is 9.76. The van der Waals surface area contributed by atoms with E-state index in [-0.39, 0.29) is 19.4 Å². The molecule has 4 unspecified atom stereocenters. The van der Waals surface area contributed by atoms with Gasteiger partial charge in [0.1, 0.15) is 11.3 Å². The van der Waals surface area contributed by atoms with Gasteiger partial charge in [0.15, 0.2) is 0 Å². The van der Waals surface area contributed by atoms with E-state index in [9.17, 15) is 24.3 Å². The van der Waals surface area contributed by atoms with Crippen LogP contribution in [-0.4, -0.2) is 46.8 Å². The zero-order valence-electron chi connectivity index (χ0n) is 19.1. The van der Waals surface area contributed by atoms with Gasteiger partial charge in [0, 0.05) is 28.7 Å². The standard InChI is InChI=1S/C25H24ClN3O6/c1-12-9-14(26)10-16-21(12)27-24(34)25(16)20-19(17(28-25)7-8-18(30)31)22(32)29(23(20)33)11-13-3-5-15(35-2)6-4-13/h3-6,9-10,17,19-20,28H,7-8,11H2,1-2H3,(H,27,34)(H,30,31). The maximum atomic E-state index is 13.8. The summed E-state index contributed by atoms with van der Waals surface area (Å²) in [6.07, 6.45) is -0.115. The number of aliphatic carboxylic acids is 1. The van der Waals surface area contributed by atoms with Crippen molar-refractivity contribution in [3.8, 4) is 5.75 Å². The number of ether oxygens (including phenoxy) is 1. The molecular formula is C25H24ClN3O6. The highest BCUT2D eigenvalue weighted by Crippen LogP contribution is 2.54. The minimum atomic E-state index is -1.51. The van der Waals surface area contributed by atoms with E-state index in [4.69, 9.17) is 16.3 Å². The van der Waals surface area contributed by atoms with Crippen molar-refractivity contribution >= 4 is 41.0 Å². The number of hydrogen-bond donors (Lipinski definition) is 3. The van der Waals surface area contributed by atoms with Crippen molar-refractivity contribution in [1.29, 1.82) is 0 Å². The first kappa shape index (κ1) is 23.3. The summed E-state index contributed by atoms with van der Waals surface area (Å²) in [5.74, 6) is -3.61. The van der Waals surface area contributed by atoms with E-state index in [2.05, 4.69) is 10.6 Å². The lowest BCUT2D eigenvalue weighted by Gasteiger charge is -2.29. The number of fused-ring (bicyclic) bond motifs is 4. The molecule has 2 aromatic carbocycles. The normalized spacial score (nSPS) is 26.8. The number of carboxylic acid groups (broad SMARTS) is 1. The van der Waals surface area contributed by atoms with Gasteiger partial charge >= 0.3 is 5.97 Å². The van der Waals surface area contributed by atoms with Crippen molar-refractivity contribution in [2.45, 2.75) is 37.9 Å². The Balaban J connectivity index is 1.58. The van der Waals surface area contributed by atoms with Crippen molar-refractivity contribution in [1.82, 2.24) is 10.2 Å². The molecule has 3 amide bonds. The number of halogens is 1. The number of nitrogens with zero attached hydrogens (tertiary/aromatic N) is 1. The summed E-state index contributed by atoms with van der Waals surface area (Å²) < 4.78 is 5.17. The van der Waals surface area contributed by atoms with Gasteiger partial charge in [0.05, 0.1) is 25.5 Å². The Morgan fingerprint density at radius 2 is 1.89 bits per heavy atom. The van der Waals surface area contributed by atoms with Gasteiger partial charge in [0.2, 0.25) is 17.7 Å². The second kappa shape index (κ2) is 8.35. The monoisotopic (exact) mass is 497 g/mol. The summed E-state index contributed by atoms with van der Waals surface area (Å²) >= 11 is 6.33. The van der Waals surface area contributed by atoms with Gasteiger partial charge in [-0.05, 0) is 48.7 Å². The number of carbonyl (C=O) groups excluding carboxylic acids is 3. The van der Waals surface area contributed by atoms with Crippen LogP contribution in [0.5, 0.6) is 5.75 Å². The van der Waals surface area contributed by atoms with Crippen LogP contribution in [0.4, 0.5) is 5.69 Å². The van der Waals surface area contributed by atoms with E-state index in [1.54, 1.807) is 50.4 Å². The molecule has 9 nitrogen and oxygen atoms in total. The lowest BCUT2D eigenvalue weighted by Crippen LogP contribution is -2.53. The van der Waals surface area contributed by atoms with E-state index < -0.39 is 47.1 Å². The van der Waals surface area contributed by atoms with Crippen LogP contribution in [0.3, 0.4) is 0 Å². The number of rotatable bonds is 6. The average molecular weight is 498 g/mol. The molecule has 3 N–H and O–H groups in total. The zero-order chi connectivity index (χ0) is 25.1. The molecule has 2 saturated heterocycles. The first-order valence-electron chi connectivity index (χ1n) is 11.3. The van der Waals surface area contributed by atoms with E-state index >= 15 is 0 Å². The summed E-state index contributed by atoms with van der Waals surface area (Å²) in [5.41, 5.74) is 1.01. The van der Waals surface area contributed by atoms with Gasteiger partial charge in [-0.2, -0.15) is 0 Å². The summed E-state index contributed by atoms with van der Waals surface area (Å²) in [6, 6.07) is 9.69. The number of methoxy groups -OCH3 is 1. The molecule has 2 aromatic rings. The first-order chi connectivity index (χ1) is 16.7. The number of amides is 3. The third kappa shape index (κ3) is 3.49. The second-order valence-electron chi connectivity index (χ2n) is 9.20. The van der Waals surface area contributed by atoms with Gasteiger partial charge in [-0.15, -0.1) is 0 Å². The Hall–Kier alpha value is -3.43. The van der Waals surface area contributed by atoms with Gasteiger partial charge in [-0.1, -0.05) is 23.7 Å².